The molecule has 58 heavy (non-hydrogen) atoms. The predicted octanol–water partition coefficient (Wildman–Crippen LogP) is 6.68. The second-order valence-electron chi connectivity index (χ2n) is 16.5. The Morgan fingerprint density at radius 2 is 1.59 bits per heavy atom. The molecule has 5 rings (SSSR count). The lowest BCUT2D eigenvalue weighted by molar-refractivity contribution is -0.153. The van der Waals surface area contributed by atoms with Crippen LogP contribution in [0.5, 0.6) is 0 Å². The Hall–Kier alpha value is -4.61. The highest BCUT2D eigenvalue weighted by atomic mass is 16.5. The summed E-state index contributed by atoms with van der Waals surface area (Å²) in [7, 11) is 4.94. The predicted molar refractivity (Wildman–Crippen MR) is 225 cm³/mol. The number of rotatable bonds is 20. The third-order valence-corrected chi connectivity index (χ3v) is 12.6. The summed E-state index contributed by atoms with van der Waals surface area (Å²) in [6, 6.07) is 19.6. The quantitative estimate of drug-likeness (QED) is 0.126. The van der Waals surface area contributed by atoms with Gasteiger partial charge in [-0.2, -0.15) is 0 Å². The fourth-order valence-electron chi connectivity index (χ4n) is 9.07. The fourth-order valence-corrected chi connectivity index (χ4v) is 9.07. The zero-order chi connectivity index (χ0) is 41.9. The normalized spacial score (nSPS) is 18.1. The Bertz CT molecular complexity index is 1790. The molecule has 3 aromatic rings. The largest absolute Gasteiger partial charge is 0.465 e. The number of ether oxygens (including phenoxy) is 3. The summed E-state index contributed by atoms with van der Waals surface area (Å²) in [6.07, 6.45) is 5.34. The van der Waals surface area contributed by atoms with Gasteiger partial charge in [0.2, 0.25) is 17.7 Å². The Labute approximate surface area is 345 Å². The number of nitrogens with one attached hydrogen (secondary N) is 1. The van der Waals surface area contributed by atoms with Crippen molar-refractivity contribution in [2.75, 3.05) is 41.0 Å². The van der Waals surface area contributed by atoms with Crippen LogP contribution in [0.25, 0.3) is 11.1 Å². The lowest BCUT2D eigenvalue weighted by Crippen LogP contribution is -2.54. The minimum atomic E-state index is -0.622. The van der Waals surface area contributed by atoms with Crippen molar-refractivity contribution >= 4 is 23.7 Å². The van der Waals surface area contributed by atoms with E-state index in [9.17, 15) is 19.2 Å². The molecule has 1 aromatic heterocycles. The van der Waals surface area contributed by atoms with Crippen LogP contribution in [0.3, 0.4) is 0 Å². The molecule has 0 unspecified atom stereocenters. The molecule has 1 aliphatic heterocycles. The first-order valence-electron chi connectivity index (χ1n) is 21.0. The molecule has 3 amide bonds. The maximum absolute atomic E-state index is 14.4. The molecule has 7 atom stereocenters. The Morgan fingerprint density at radius 1 is 0.914 bits per heavy atom. The minimum absolute atomic E-state index is 0.00884. The van der Waals surface area contributed by atoms with Gasteiger partial charge < -0.3 is 29.3 Å². The van der Waals surface area contributed by atoms with Gasteiger partial charge >= 0.3 is 5.97 Å². The third kappa shape index (κ3) is 10.3. The van der Waals surface area contributed by atoms with Crippen LogP contribution in [0, 0.1) is 23.7 Å². The monoisotopic (exact) mass is 796 g/mol. The molecule has 1 N–H and O–H groups in total. The van der Waals surface area contributed by atoms with Gasteiger partial charge in [0, 0.05) is 52.7 Å². The first-order valence-corrected chi connectivity index (χ1v) is 21.0. The standard InChI is InChI=1S/C47H64N4O7/c1-9-31(4)44(41(56-7)27-42(52)51-25-15-21-40(51)45(57-8)32(5)46(54)49-24-22-33-16-14-23-48-28-33)50(6)47(55)38(30(2)3)26-43(53)58-29-39-36-19-12-10-17-34(36)35-18-11-13-20-37(35)39/h10-14,16-20,23,28,30-32,38-41,44-45H,9,15,21-22,24-27,29H2,1-8H3,(H,49,54)/t31-,32+,38-,40-,41+,44-,45+/m0/s1. The highest BCUT2D eigenvalue weighted by Gasteiger charge is 2.43. The molecule has 11 nitrogen and oxygen atoms in total. The number of amides is 3. The zero-order valence-corrected chi connectivity index (χ0v) is 35.7. The van der Waals surface area contributed by atoms with Crippen molar-refractivity contribution in [3.8, 4) is 11.1 Å². The SMILES string of the molecule is CC[C@H](C)[C@@H]([C@@H](CC(=O)N1CCC[C@H]1[C@H](OC)[C@@H](C)C(=O)NCCc1cccnc1)OC)N(C)C(=O)[C@@H](CC(=O)OCC1c2ccccc2-c2ccccc21)C(C)C. The van der Waals surface area contributed by atoms with Crippen LogP contribution in [-0.2, 0) is 39.8 Å². The van der Waals surface area contributed by atoms with Gasteiger partial charge in [0.1, 0.15) is 6.61 Å². The smallest absolute Gasteiger partial charge is 0.306 e. The number of hydrogen-bond donors (Lipinski definition) is 1. The molecule has 2 heterocycles. The number of likely N-dealkylation sites (N-methyl/N-ethyl adjacent to an activating group) is 1. The number of carbonyl (C=O) groups is 4. The maximum Gasteiger partial charge on any atom is 0.306 e. The van der Waals surface area contributed by atoms with Crippen LogP contribution in [0.4, 0.5) is 0 Å². The molecule has 1 fully saturated rings. The van der Waals surface area contributed by atoms with Crippen molar-refractivity contribution in [3.05, 3.63) is 89.7 Å². The number of aromatic nitrogens is 1. The van der Waals surface area contributed by atoms with Crippen molar-refractivity contribution < 1.29 is 33.4 Å². The number of likely N-dealkylation sites (tertiary alicyclic amines) is 1. The van der Waals surface area contributed by atoms with E-state index in [1.807, 2.05) is 62.1 Å². The maximum atomic E-state index is 14.4. The van der Waals surface area contributed by atoms with E-state index >= 15 is 0 Å². The average molecular weight is 797 g/mol. The van der Waals surface area contributed by atoms with Crippen LogP contribution >= 0.6 is 0 Å². The van der Waals surface area contributed by atoms with E-state index in [2.05, 4.69) is 48.4 Å². The van der Waals surface area contributed by atoms with Crippen LogP contribution in [-0.4, -0.2) is 104 Å². The molecule has 314 valence electrons. The number of benzene rings is 2. The number of esters is 1. The van der Waals surface area contributed by atoms with Gasteiger partial charge in [0.05, 0.1) is 49.0 Å². The number of nitrogens with zero attached hydrogens (tertiary/aromatic N) is 3. The van der Waals surface area contributed by atoms with Crippen molar-refractivity contribution in [2.24, 2.45) is 23.7 Å². The second-order valence-corrected chi connectivity index (χ2v) is 16.5. The molecular weight excluding hydrogens is 733 g/mol. The molecule has 0 bridgehead atoms. The van der Waals surface area contributed by atoms with Crippen LogP contribution in [0.2, 0.25) is 0 Å². The van der Waals surface area contributed by atoms with Crippen LogP contribution in [0.1, 0.15) is 89.3 Å². The van der Waals surface area contributed by atoms with Gasteiger partial charge in [-0.05, 0) is 65.0 Å². The van der Waals surface area contributed by atoms with Crippen LogP contribution < -0.4 is 5.32 Å². The van der Waals surface area contributed by atoms with E-state index in [4.69, 9.17) is 14.2 Å². The first-order chi connectivity index (χ1) is 27.9. The van der Waals surface area contributed by atoms with E-state index in [1.54, 1.807) is 38.6 Å². The number of hydrogen-bond acceptors (Lipinski definition) is 8. The van der Waals surface area contributed by atoms with E-state index in [1.165, 1.54) is 0 Å². The lowest BCUT2D eigenvalue weighted by atomic mass is 9.86. The summed E-state index contributed by atoms with van der Waals surface area (Å²) >= 11 is 0. The molecule has 0 spiro atoms. The molecule has 11 heteroatoms. The molecule has 0 saturated carbocycles. The highest BCUT2D eigenvalue weighted by molar-refractivity contribution is 5.85. The highest BCUT2D eigenvalue weighted by Crippen LogP contribution is 2.44. The summed E-state index contributed by atoms with van der Waals surface area (Å²) < 4.78 is 17.9. The third-order valence-electron chi connectivity index (χ3n) is 12.6. The second kappa shape index (κ2) is 20.9. The number of pyridine rings is 1. The number of methoxy groups -OCH3 is 2. The summed E-state index contributed by atoms with van der Waals surface area (Å²) in [5.74, 6) is -2.14. The first kappa shape index (κ1) is 44.5. The number of carbonyl (C=O) groups excluding carboxylic acids is 4. The van der Waals surface area contributed by atoms with Crippen molar-refractivity contribution in [3.63, 3.8) is 0 Å². The average Bonchev–Trinajstić information content (AvgIpc) is 3.85. The van der Waals surface area contributed by atoms with E-state index in [-0.39, 0.29) is 61.0 Å². The van der Waals surface area contributed by atoms with Crippen molar-refractivity contribution in [1.29, 1.82) is 0 Å². The van der Waals surface area contributed by atoms with Crippen molar-refractivity contribution in [2.45, 2.75) is 103 Å². The number of fused-ring (bicyclic) bond motifs is 3. The summed E-state index contributed by atoms with van der Waals surface area (Å²) in [4.78, 5) is 63.1. The molecular formula is C47H64N4O7. The van der Waals surface area contributed by atoms with Gasteiger partial charge in [-0.1, -0.05) is 95.6 Å². The summed E-state index contributed by atoms with van der Waals surface area (Å²) in [5, 5.41) is 3.03. The van der Waals surface area contributed by atoms with Crippen LogP contribution in [0.15, 0.2) is 73.1 Å². The minimum Gasteiger partial charge on any atom is -0.465 e. The van der Waals surface area contributed by atoms with Gasteiger partial charge in [0.15, 0.2) is 0 Å². The fraction of sp³-hybridized carbons (Fsp3) is 0.553. The van der Waals surface area contributed by atoms with Gasteiger partial charge in [0.25, 0.3) is 0 Å². The van der Waals surface area contributed by atoms with Gasteiger partial charge in [-0.15, -0.1) is 0 Å². The molecule has 0 radical (unpaired) electrons. The molecule has 2 aromatic carbocycles. The van der Waals surface area contributed by atoms with E-state index < -0.39 is 36.1 Å². The molecule has 1 saturated heterocycles. The van der Waals surface area contributed by atoms with Crippen molar-refractivity contribution in [1.82, 2.24) is 20.1 Å². The van der Waals surface area contributed by atoms with E-state index in [0.29, 0.717) is 25.9 Å². The van der Waals surface area contributed by atoms with Gasteiger partial charge in [-0.3, -0.25) is 24.2 Å². The lowest BCUT2D eigenvalue weighted by Gasteiger charge is -2.40. The summed E-state index contributed by atoms with van der Waals surface area (Å²) in [5.41, 5.74) is 5.62. The Morgan fingerprint density at radius 3 is 2.17 bits per heavy atom. The van der Waals surface area contributed by atoms with Gasteiger partial charge in [-0.25, -0.2) is 0 Å². The Balaban J connectivity index is 1.22. The Kier molecular flexibility index (Phi) is 16.0. The molecule has 2 aliphatic rings. The molecule has 1 aliphatic carbocycles. The zero-order valence-electron chi connectivity index (χ0n) is 35.7. The topological polar surface area (TPSA) is 127 Å². The van der Waals surface area contributed by atoms with E-state index in [0.717, 1.165) is 40.7 Å². The summed E-state index contributed by atoms with van der Waals surface area (Å²) in [6.45, 7) is 11.1.